The number of benzene rings is 1. The Morgan fingerprint density at radius 1 is 1.29 bits per heavy atom. The molecule has 31 heavy (non-hydrogen) atoms. The number of nitrogens with zero attached hydrogens (tertiary/aromatic N) is 3. The molecule has 0 aliphatic carbocycles. The van der Waals surface area contributed by atoms with Gasteiger partial charge < -0.3 is 15.5 Å². The van der Waals surface area contributed by atoms with E-state index in [0.717, 1.165) is 43.0 Å². The lowest BCUT2D eigenvalue weighted by Crippen LogP contribution is -2.54. The van der Waals surface area contributed by atoms with E-state index in [4.69, 9.17) is 5.41 Å². The van der Waals surface area contributed by atoms with Gasteiger partial charge in [0.2, 0.25) is 11.9 Å². The summed E-state index contributed by atoms with van der Waals surface area (Å²) in [7, 11) is 2.15. The average molecular weight is 425 g/mol. The summed E-state index contributed by atoms with van der Waals surface area (Å²) in [6, 6.07) is 7.85. The van der Waals surface area contributed by atoms with Gasteiger partial charge >= 0.3 is 0 Å². The Labute approximate surface area is 186 Å². The number of guanidine groups is 1. The monoisotopic (exact) mass is 424 g/mol. The molecule has 0 aromatic heterocycles. The van der Waals surface area contributed by atoms with Gasteiger partial charge in [-0.2, -0.15) is 0 Å². The number of carbonyl (C=O) groups excluding carboxylic acids is 1. The summed E-state index contributed by atoms with van der Waals surface area (Å²) in [6.07, 6.45) is 1.88. The van der Waals surface area contributed by atoms with E-state index in [2.05, 4.69) is 59.5 Å². The van der Waals surface area contributed by atoms with Crippen LogP contribution in [0.4, 0.5) is 5.69 Å². The fraction of sp³-hybridized carbons (Fsp3) is 0.458. The summed E-state index contributed by atoms with van der Waals surface area (Å²) in [4.78, 5) is 20.9. The Morgan fingerprint density at radius 3 is 2.58 bits per heavy atom. The molecule has 1 heterocycles. The van der Waals surface area contributed by atoms with Crippen molar-refractivity contribution in [3.8, 4) is 0 Å². The van der Waals surface area contributed by atoms with Gasteiger partial charge in [-0.15, -0.1) is 0 Å². The predicted molar refractivity (Wildman–Crippen MR) is 131 cm³/mol. The van der Waals surface area contributed by atoms with Crippen LogP contribution in [0.25, 0.3) is 5.57 Å². The summed E-state index contributed by atoms with van der Waals surface area (Å²) in [5.41, 5.74) is 3.00. The van der Waals surface area contributed by atoms with Crippen molar-refractivity contribution in [2.75, 3.05) is 38.5 Å². The SMILES string of the molecule is C=CC(=O)Nc1cccc(C(=C)/C(CC)=N/C(=N)N[C@@H](C)C(C)N2CCN(C)CC2)c1. The highest BCUT2D eigenvalue weighted by molar-refractivity contribution is 6.25. The van der Waals surface area contributed by atoms with E-state index in [-0.39, 0.29) is 17.9 Å². The van der Waals surface area contributed by atoms with Gasteiger partial charge in [-0.05, 0) is 56.7 Å². The number of hydrogen-bond donors (Lipinski definition) is 3. The van der Waals surface area contributed by atoms with Crippen molar-refractivity contribution in [1.82, 2.24) is 15.1 Å². The van der Waals surface area contributed by atoms with E-state index in [1.54, 1.807) is 0 Å². The standard InChI is InChI=1S/C24H36N6O/c1-7-22(17(3)20-10-9-11-21(16-20)27-23(31)8-2)28-24(25)26-18(4)19(5)30-14-12-29(6)13-15-30/h8-11,16,18-19H,2-3,7,12-15H2,1,4-6H3,(H2,25,26)(H,27,31)/b28-22+/t18-,19?/m0/s1. The molecule has 2 atom stereocenters. The molecule has 168 valence electrons. The second-order valence-corrected chi connectivity index (χ2v) is 8.03. The molecule has 1 aliphatic rings. The number of rotatable bonds is 8. The number of likely N-dealkylation sites (N-methyl/N-ethyl adjacent to an activating group) is 1. The third-order valence-corrected chi connectivity index (χ3v) is 5.80. The first-order valence-electron chi connectivity index (χ1n) is 10.8. The number of hydrogen-bond acceptors (Lipinski definition) is 4. The van der Waals surface area contributed by atoms with E-state index in [1.165, 1.54) is 6.08 Å². The number of aliphatic imine (C=N–C) groups is 1. The molecular weight excluding hydrogens is 388 g/mol. The molecule has 7 heteroatoms. The van der Waals surface area contributed by atoms with Gasteiger partial charge in [0, 0.05) is 44.0 Å². The Bertz CT molecular complexity index is 838. The molecule has 0 spiro atoms. The third kappa shape index (κ3) is 7.15. The molecule has 1 unspecified atom stereocenters. The number of nitrogens with one attached hydrogen (secondary N) is 3. The van der Waals surface area contributed by atoms with Crippen molar-refractivity contribution < 1.29 is 4.79 Å². The molecule has 0 radical (unpaired) electrons. The average Bonchev–Trinajstić information content (AvgIpc) is 2.77. The van der Waals surface area contributed by atoms with E-state index < -0.39 is 0 Å². The Morgan fingerprint density at radius 2 is 1.97 bits per heavy atom. The van der Waals surface area contributed by atoms with Crippen LogP contribution in [-0.4, -0.2) is 72.7 Å². The van der Waals surface area contributed by atoms with Crippen LogP contribution in [-0.2, 0) is 4.79 Å². The molecule has 3 N–H and O–H groups in total. The minimum Gasteiger partial charge on any atom is -0.351 e. The van der Waals surface area contributed by atoms with Gasteiger partial charge in [-0.1, -0.05) is 32.2 Å². The first-order chi connectivity index (χ1) is 14.7. The summed E-state index contributed by atoms with van der Waals surface area (Å²) < 4.78 is 0. The quantitative estimate of drug-likeness (QED) is 0.340. The summed E-state index contributed by atoms with van der Waals surface area (Å²) >= 11 is 0. The first kappa shape index (κ1) is 24.5. The van der Waals surface area contributed by atoms with Crippen LogP contribution in [0, 0.1) is 5.41 Å². The number of piperazine rings is 1. The van der Waals surface area contributed by atoms with Crippen molar-refractivity contribution in [2.24, 2.45) is 4.99 Å². The van der Waals surface area contributed by atoms with Crippen LogP contribution >= 0.6 is 0 Å². The summed E-state index contributed by atoms with van der Waals surface area (Å²) in [6.45, 7) is 18.2. The summed E-state index contributed by atoms with van der Waals surface area (Å²) in [5.74, 6) is -0.121. The first-order valence-corrected chi connectivity index (χ1v) is 10.8. The maximum atomic E-state index is 11.6. The smallest absolute Gasteiger partial charge is 0.247 e. The van der Waals surface area contributed by atoms with Gasteiger partial charge in [0.1, 0.15) is 0 Å². The van der Waals surface area contributed by atoms with Crippen molar-refractivity contribution in [1.29, 1.82) is 5.41 Å². The maximum absolute atomic E-state index is 11.6. The molecule has 1 amide bonds. The lowest BCUT2D eigenvalue weighted by Gasteiger charge is -2.39. The van der Waals surface area contributed by atoms with Crippen molar-refractivity contribution in [3.63, 3.8) is 0 Å². The van der Waals surface area contributed by atoms with Crippen LogP contribution in [0.1, 0.15) is 32.8 Å². The molecule has 2 rings (SSSR count). The molecule has 1 fully saturated rings. The molecule has 1 aromatic carbocycles. The molecule has 0 saturated carbocycles. The number of carbonyl (C=O) groups is 1. The molecule has 7 nitrogen and oxygen atoms in total. The van der Waals surface area contributed by atoms with Gasteiger partial charge in [0.05, 0.1) is 5.71 Å². The van der Waals surface area contributed by atoms with Crippen molar-refractivity contribution in [2.45, 2.75) is 39.3 Å². The minimum atomic E-state index is -0.262. The fourth-order valence-electron chi connectivity index (χ4n) is 3.55. The molecule has 1 saturated heterocycles. The highest BCUT2D eigenvalue weighted by Gasteiger charge is 2.23. The zero-order chi connectivity index (χ0) is 23.0. The van der Waals surface area contributed by atoms with Gasteiger partial charge in [0.25, 0.3) is 0 Å². The summed E-state index contributed by atoms with van der Waals surface area (Å²) in [5, 5.41) is 14.4. The third-order valence-electron chi connectivity index (χ3n) is 5.80. The zero-order valence-corrected chi connectivity index (χ0v) is 19.2. The highest BCUT2D eigenvalue weighted by Crippen LogP contribution is 2.20. The lowest BCUT2D eigenvalue weighted by molar-refractivity contribution is -0.111. The molecule has 1 aliphatic heterocycles. The Hall–Kier alpha value is -2.77. The van der Waals surface area contributed by atoms with Crippen molar-refractivity contribution in [3.05, 3.63) is 49.1 Å². The van der Waals surface area contributed by atoms with E-state index in [1.807, 2.05) is 31.2 Å². The highest BCUT2D eigenvalue weighted by atomic mass is 16.1. The number of amides is 1. The zero-order valence-electron chi connectivity index (χ0n) is 19.2. The second-order valence-electron chi connectivity index (χ2n) is 8.03. The van der Waals surface area contributed by atoms with E-state index >= 15 is 0 Å². The molecule has 0 bridgehead atoms. The Balaban J connectivity index is 2.03. The maximum Gasteiger partial charge on any atom is 0.247 e. The lowest BCUT2D eigenvalue weighted by atomic mass is 10.0. The van der Waals surface area contributed by atoms with E-state index in [9.17, 15) is 4.79 Å². The topological polar surface area (TPSA) is 83.8 Å². The number of allylic oxidation sites excluding steroid dienone is 1. The van der Waals surface area contributed by atoms with Gasteiger partial charge in [-0.25, -0.2) is 4.99 Å². The second kappa shape index (κ2) is 11.6. The normalized spacial score (nSPS) is 17.5. The van der Waals surface area contributed by atoms with Crippen LogP contribution in [0.3, 0.4) is 0 Å². The molecular formula is C24H36N6O. The van der Waals surface area contributed by atoms with Gasteiger partial charge in [0.15, 0.2) is 0 Å². The van der Waals surface area contributed by atoms with Crippen LogP contribution in [0.2, 0.25) is 0 Å². The van der Waals surface area contributed by atoms with Crippen molar-refractivity contribution >= 4 is 28.8 Å². The van der Waals surface area contributed by atoms with Crippen LogP contribution in [0.5, 0.6) is 0 Å². The van der Waals surface area contributed by atoms with Crippen LogP contribution in [0.15, 0.2) is 48.5 Å². The van der Waals surface area contributed by atoms with Gasteiger partial charge in [-0.3, -0.25) is 15.1 Å². The molecule has 1 aromatic rings. The van der Waals surface area contributed by atoms with E-state index in [0.29, 0.717) is 18.2 Å². The Kier molecular flexibility index (Phi) is 9.15. The number of anilines is 1. The largest absolute Gasteiger partial charge is 0.351 e. The van der Waals surface area contributed by atoms with Crippen LogP contribution < -0.4 is 10.6 Å². The fourth-order valence-corrected chi connectivity index (χ4v) is 3.55. The minimum absolute atomic E-state index is 0.100. The predicted octanol–water partition coefficient (Wildman–Crippen LogP) is 3.22.